The predicted molar refractivity (Wildman–Crippen MR) is 76.7 cm³/mol. The van der Waals surface area contributed by atoms with Crippen LogP contribution in [0.2, 0.25) is 0 Å². The van der Waals surface area contributed by atoms with E-state index in [1.165, 1.54) is 28.7 Å². The minimum atomic E-state index is -0.104. The Bertz CT molecular complexity index is 606. The van der Waals surface area contributed by atoms with Gasteiger partial charge in [-0.1, -0.05) is 0 Å². The molecule has 0 saturated heterocycles. The Labute approximate surface area is 139 Å². The zero-order valence-corrected chi connectivity index (χ0v) is 16.6. The zero-order chi connectivity index (χ0) is 12.5. The Morgan fingerprint density at radius 1 is 0.556 bits per heavy atom. The molecule has 3 rings (SSSR count). The van der Waals surface area contributed by atoms with E-state index < -0.39 is 0 Å². The second-order valence-corrected chi connectivity index (χ2v) is 10.9. The molecule has 0 fully saturated rings. The van der Waals surface area contributed by atoms with Crippen molar-refractivity contribution in [2.75, 3.05) is 0 Å². The number of hydrogen-bond donors (Lipinski definition) is 0. The van der Waals surface area contributed by atoms with Gasteiger partial charge in [0, 0.05) is 0 Å². The molecule has 0 saturated carbocycles. The van der Waals surface area contributed by atoms with Crippen LogP contribution in [0.15, 0.2) is 48.5 Å². The number of hydrogen-bond acceptors (Lipinski definition) is 0. The summed E-state index contributed by atoms with van der Waals surface area (Å²) in [4.78, 5) is 0. The molecule has 0 bridgehead atoms. The fraction of sp³-hybridized carbons (Fsp3) is 0. The van der Waals surface area contributed by atoms with E-state index in [4.69, 9.17) is 0 Å². The van der Waals surface area contributed by atoms with Gasteiger partial charge in [0.05, 0.1) is 0 Å². The normalized spacial score (nSPS) is 11.7. The molecule has 0 aliphatic carbocycles. The van der Waals surface area contributed by atoms with Gasteiger partial charge in [-0.05, 0) is 0 Å². The van der Waals surface area contributed by atoms with Gasteiger partial charge in [0.25, 0.3) is 0 Å². The van der Waals surface area contributed by atoms with Crippen LogP contribution < -0.4 is 38.0 Å². The Balaban J connectivity index is 2.61. The number of halogens is 4. The standard InChI is InChI=1S/C14H8Br2I2/c15-17-13-9-5-1-2-6-10(9)14(18-16)12-8-4-3-7-11(12)13/h1-8H/q-2. The van der Waals surface area contributed by atoms with Gasteiger partial charge in [-0.15, -0.1) is 0 Å². The molecular weight excluding hydrogens is 582 g/mol. The quantitative estimate of drug-likeness (QED) is 0.270. The van der Waals surface area contributed by atoms with Crippen molar-refractivity contribution in [3.63, 3.8) is 0 Å². The van der Waals surface area contributed by atoms with Crippen LogP contribution in [0, 0.1) is 7.14 Å². The Hall–Kier alpha value is 0.600. The molecule has 0 spiro atoms. The van der Waals surface area contributed by atoms with Crippen LogP contribution in [0.5, 0.6) is 0 Å². The summed E-state index contributed by atoms with van der Waals surface area (Å²) in [6.07, 6.45) is 0. The van der Waals surface area contributed by atoms with Crippen molar-refractivity contribution in [1.82, 2.24) is 0 Å². The Kier molecular flexibility index (Phi) is 4.47. The molecule has 0 radical (unpaired) electrons. The van der Waals surface area contributed by atoms with Crippen molar-refractivity contribution < 1.29 is 38.0 Å². The Morgan fingerprint density at radius 3 is 1.06 bits per heavy atom. The molecule has 3 aromatic carbocycles. The molecule has 0 unspecified atom stereocenters. The van der Waals surface area contributed by atoms with Crippen molar-refractivity contribution in [2.45, 2.75) is 0 Å². The van der Waals surface area contributed by atoms with E-state index in [9.17, 15) is 0 Å². The van der Waals surface area contributed by atoms with Gasteiger partial charge in [-0.3, -0.25) is 0 Å². The molecule has 3 aromatic rings. The fourth-order valence-corrected chi connectivity index (χ4v) is 9.27. The zero-order valence-electron chi connectivity index (χ0n) is 9.13. The predicted octanol–water partition coefficient (Wildman–Crippen LogP) is -0.870. The first-order valence-electron chi connectivity index (χ1n) is 5.32. The van der Waals surface area contributed by atoms with Crippen molar-refractivity contribution in [3.05, 3.63) is 55.7 Å². The maximum absolute atomic E-state index is 3.75. The molecule has 0 atom stereocenters. The van der Waals surface area contributed by atoms with E-state index in [1.807, 2.05) is 0 Å². The first-order valence-corrected chi connectivity index (χ1v) is 17.1. The molecule has 0 amide bonds. The average molecular weight is 590 g/mol. The van der Waals surface area contributed by atoms with Crippen LogP contribution in [0.1, 0.15) is 0 Å². The van der Waals surface area contributed by atoms with Gasteiger partial charge in [0.15, 0.2) is 0 Å². The molecule has 4 heteroatoms. The average Bonchev–Trinajstić information content (AvgIpc) is 2.44. The summed E-state index contributed by atoms with van der Waals surface area (Å²) < 4.78 is 3.02. The summed E-state index contributed by atoms with van der Waals surface area (Å²) in [7, 11) is 0. The molecule has 18 heavy (non-hydrogen) atoms. The maximum atomic E-state index is 3.75. The molecule has 0 nitrogen and oxygen atoms in total. The Morgan fingerprint density at radius 2 is 0.833 bits per heavy atom. The van der Waals surface area contributed by atoms with Crippen molar-refractivity contribution in [1.29, 1.82) is 0 Å². The molecule has 0 aliphatic rings. The summed E-state index contributed by atoms with van der Waals surface area (Å²) in [5, 5.41) is 5.70. The van der Waals surface area contributed by atoms with Crippen LogP contribution in [0.3, 0.4) is 0 Å². The third-order valence-electron chi connectivity index (χ3n) is 2.94. The van der Waals surface area contributed by atoms with E-state index in [0.29, 0.717) is 0 Å². The molecule has 0 aliphatic heterocycles. The van der Waals surface area contributed by atoms with Crippen LogP contribution in [-0.2, 0) is 0 Å². The monoisotopic (exact) mass is 588 g/mol. The second-order valence-electron chi connectivity index (χ2n) is 3.86. The van der Waals surface area contributed by atoms with Gasteiger partial charge in [0.2, 0.25) is 0 Å². The minimum absolute atomic E-state index is 0.104. The first-order chi connectivity index (χ1) is 8.86. The van der Waals surface area contributed by atoms with E-state index >= 15 is 0 Å². The van der Waals surface area contributed by atoms with Crippen LogP contribution >= 0.6 is 25.4 Å². The summed E-state index contributed by atoms with van der Waals surface area (Å²) in [5.41, 5.74) is 0. The summed E-state index contributed by atoms with van der Waals surface area (Å²) >= 11 is 7.30. The number of benzene rings is 3. The van der Waals surface area contributed by atoms with Gasteiger partial charge >= 0.3 is 141 Å². The third-order valence-corrected chi connectivity index (χ3v) is 10.1. The fourth-order valence-electron chi connectivity index (χ4n) is 2.18. The molecule has 0 aromatic heterocycles. The van der Waals surface area contributed by atoms with Crippen LogP contribution in [0.25, 0.3) is 21.5 Å². The topological polar surface area (TPSA) is 0 Å². The van der Waals surface area contributed by atoms with E-state index in [0.717, 1.165) is 0 Å². The first kappa shape index (κ1) is 13.6. The molecular formula is C14H8Br2I2-2. The summed E-state index contributed by atoms with van der Waals surface area (Å²) in [5.74, 6) is 0. The van der Waals surface area contributed by atoms with Gasteiger partial charge in [-0.25, -0.2) is 0 Å². The van der Waals surface area contributed by atoms with Crippen LogP contribution in [0.4, 0.5) is 0 Å². The van der Waals surface area contributed by atoms with E-state index in [-0.39, 0.29) is 38.0 Å². The van der Waals surface area contributed by atoms with Crippen molar-refractivity contribution in [3.8, 4) is 0 Å². The van der Waals surface area contributed by atoms with Gasteiger partial charge in [0.1, 0.15) is 0 Å². The molecule has 94 valence electrons. The van der Waals surface area contributed by atoms with E-state index in [2.05, 4.69) is 73.9 Å². The molecule has 0 heterocycles. The van der Waals surface area contributed by atoms with Gasteiger partial charge in [-0.2, -0.15) is 0 Å². The summed E-state index contributed by atoms with van der Waals surface area (Å²) in [6.45, 7) is 0. The third kappa shape index (κ3) is 2.23. The van der Waals surface area contributed by atoms with Gasteiger partial charge < -0.3 is 0 Å². The summed E-state index contributed by atoms with van der Waals surface area (Å²) in [6, 6.07) is 17.6. The van der Waals surface area contributed by atoms with E-state index in [1.54, 1.807) is 0 Å². The molecule has 0 N–H and O–H groups in total. The van der Waals surface area contributed by atoms with Crippen molar-refractivity contribution >= 4 is 46.9 Å². The number of rotatable bonds is 2. The van der Waals surface area contributed by atoms with Crippen molar-refractivity contribution in [2.24, 2.45) is 0 Å². The van der Waals surface area contributed by atoms with Crippen LogP contribution in [-0.4, -0.2) is 0 Å². The SMILES string of the molecule is Br[I-]c1c2ccccc2c([I-]Br)c2ccccc12. The number of fused-ring (bicyclic) bond motifs is 2. The second kappa shape index (κ2) is 5.93.